The lowest BCUT2D eigenvalue weighted by atomic mass is 9.81. The number of hydrogen-bond acceptors (Lipinski definition) is 5. The second kappa shape index (κ2) is 7.41. The van der Waals surface area contributed by atoms with Crippen LogP contribution in [0, 0.1) is 11.3 Å². The number of ether oxygens (including phenoxy) is 2. The van der Waals surface area contributed by atoms with E-state index in [0.717, 1.165) is 6.07 Å². The van der Waals surface area contributed by atoms with E-state index in [1.165, 1.54) is 19.1 Å². The highest BCUT2D eigenvalue weighted by Gasteiger charge is 2.42. The molecule has 1 aliphatic heterocycles. The molecule has 0 spiro atoms. The van der Waals surface area contributed by atoms with Crippen LogP contribution in [-0.4, -0.2) is 12.6 Å². The number of alkyl halides is 3. The molecule has 0 aromatic heterocycles. The van der Waals surface area contributed by atoms with Gasteiger partial charge in [0.1, 0.15) is 17.4 Å². The van der Waals surface area contributed by atoms with Gasteiger partial charge >= 0.3 is 12.1 Å². The first-order valence-electron chi connectivity index (χ1n) is 7.43. The van der Waals surface area contributed by atoms with Gasteiger partial charge < -0.3 is 15.2 Å². The van der Waals surface area contributed by atoms with E-state index in [9.17, 15) is 23.2 Å². The smallest absolute Gasteiger partial charge is 0.416 e. The number of carbonyl (C=O) groups is 1. The summed E-state index contributed by atoms with van der Waals surface area (Å²) in [7, 11) is 0. The molecule has 1 unspecified atom stereocenters. The molecule has 0 saturated heterocycles. The third-order valence-electron chi connectivity index (χ3n) is 3.73. The van der Waals surface area contributed by atoms with Crippen molar-refractivity contribution in [1.82, 2.24) is 0 Å². The summed E-state index contributed by atoms with van der Waals surface area (Å²) in [5.74, 6) is -2.60. The summed E-state index contributed by atoms with van der Waals surface area (Å²) in [6.07, 6.45) is -4.70. The highest BCUT2D eigenvalue weighted by molar-refractivity contribution is 9.10. The number of rotatable bonds is 3. The second-order valence-electron chi connectivity index (χ2n) is 5.34. The highest BCUT2D eigenvalue weighted by atomic mass is 79.9. The zero-order chi connectivity index (χ0) is 19.6. The number of nitrogens with two attached hydrogens (primary N) is 1. The molecule has 1 aromatic carbocycles. The summed E-state index contributed by atoms with van der Waals surface area (Å²) >= 11 is 3.13. The molecule has 2 rings (SSSR count). The van der Waals surface area contributed by atoms with Crippen molar-refractivity contribution in [3.05, 3.63) is 56.6 Å². The van der Waals surface area contributed by atoms with Crippen molar-refractivity contribution in [2.45, 2.75) is 25.9 Å². The molecule has 0 bridgehead atoms. The molecule has 2 N–H and O–H groups in total. The van der Waals surface area contributed by atoms with Crippen LogP contribution in [0.1, 0.15) is 30.9 Å². The van der Waals surface area contributed by atoms with Crippen LogP contribution in [0.3, 0.4) is 0 Å². The van der Waals surface area contributed by atoms with Crippen molar-refractivity contribution < 1.29 is 27.4 Å². The quantitative estimate of drug-likeness (QED) is 0.729. The maximum absolute atomic E-state index is 13.5. The van der Waals surface area contributed by atoms with Crippen molar-refractivity contribution >= 4 is 21.9 Å². The van der Waals surface area contributed by atoms with E-state index >= 15 is 0 Å². The van der Waals surface area contributed by atoms with Gasteiger partial charge in [0.25, 0.3) is 0 Å². The van der Waals surface area contributed by atoms with Crippen LogP contribution in [0.25, 0.3) is 0 Å². The lowest BCUT2D eigenvalue weighted by Gasteiger charge is -2.28. The second-order valence-corrected chi connectivity index (χ2v) is 6.26. The van der Waals surface area contributed by atoms with E-state index in [1.807, 2.05) is 0 Å². The first-order chi connectivity index (χ1) is 12.1. The average molecular weight is 431 g/mol. The number of hydrogen-bond donors (Lipinski definition) is 1. The Labute approximate surface area is 156 Å². The number of allylic oxidation sites excluding steroid dienone is 2. The van der Waals surface area contributed by atoms with Crippen molar-refractivity contribution in [1.29, 1.82) is 5.26 Å². The van der Waals surface area contributed by atoms with Crippen LogP contribution < -0.4 is 5.73 Å². The third-order valence-corrected chi connectivity index (χ3v) is 4.22. The molecule has 1 aliphatic rings. The van der Waals surface area contributed by atoms with Gasteiger partial charge in [-0.25, -0.2) is 4.79 Å². The van der Waals surface area contributed by atoms with E-state index in [0.29, 0.717) is 4.47 Å². The maximum atomic E-state index is 13.5. The van der Waals surface area contributed by atoms with Gasteiger partial charge in [0, 0.05) is 4.47 Å². The Morgan fingerprint density at radius 3 is 2.65 bits per heavy atom. The Kier molecular flexibility index (Phi) is 5.66. The Morgan fingerprint density at radius 2 is 2.12 bits per heavy atom. The molecule has 138 valence electrons. The minimum absolute atomic E-state index is 0.00797. The van der Waals surface area contributed by atoms with E-state index in [1.54, 1.807) is 13.0 Å². The summed E-state index contributed by atoms with van der Waals surface area (Å²) in [6.45, 7) is 2.95. The summed E-state index contributed by atoms with van der Waals surface area (Å²) in [5, 5.41) is 9.44. The largest absolute Gasteiger partial charge is 0.463 e. The van der Waals surface area contributed by atoms with E-state index in [4.69, 9.17) is 15.2 Å². The first-order valence-corrected chi connectivity index (χ1v) is 8.23. The number of benzene rings is 1. The fourth-order valence-electron chi connectivity index (χ4n) is 2.70. The van der Waals surface area contributed by atoms with Crippen LogP contribution in [0.2, 0.25) is 0 Å². The molecule has 0 saturated carbocycles. The normalized spacial score (nSPS) is 17.7. The topological polar surface area (TPSA) is 85.3 Å². The van der Waals surface area contributed by atoms with Gasteiger partial charge in [-0.3, -0.25) is 0 Å². The number of halogens is 4. The molecular formula is C17H14BrF3N2O3. The molecule has 1 atom stereocenters. The Hall–Kier alpha value is -2.47. The predicted molar refractivity (Wildman–Crippen MR) is 89.1 cm³/mol. The molecule has 0 fully saturated rings. The van der Waals surface area contributed by atoms with Gasteiger partial charge in [-0.2, -0.15) is 18.4 Å². The third kappa shape index (κ3) is 3.70. The van der Waals surface area contributed by atoms with Crippen LogP contribution in [0.15, 0.2) is 45.5 Å². The molecule has 26 heavy (non-hydrogen) atoms. The summed E-state index contributed by atoms with van der Waals surface area (Å²) < 4.78 is 51.1. The van der Waals surface area contributed by atoms with Crippen LogP contribution in [0.5, 0.6) is 0 Å². The van der Waals surface area contributed by atoms with E-state index in [-0.39, 0.29) is 35.0 Å². The van der Waals surface area contributed by atoms with Crippen molar-refractivity contribution in [2.75, 3.05) is 6.61 Å². The van der Waals surface area contributed by atoms with Gasteiger partial charge in [0.2, 0.25) is 5.88 Å². The van der Waals surface area contributed by atoms with Gasteiger partial charge in [-0.15, -0.1) is 0 Å². The van der Waals surface area contributed by atoms with Gasteiger partial charge in [0.05, 0.1) is 23.7 Å². The molecule has 0 amide bonds. The number of nitriles is 1. The SMILES string of the molecule is CCOC(=O)C1=C(C)OC(N)=C(C#N)C1c1cc(Br)ccc1C(F)(F)F. The molecule has 9 heteroatoms. The Bertz CT molecular complexity index is 854. The lowest BCUT2D eigenvalue weighted by molar-refractivity contribution is -0.140. The van der Waals surface area contributed by atoms with Gasteiger partial charge in [-0.1, -0.05) is 15.9 Å². The standard InChI is InChI=1S/C17H14BrF3N2O3/c1-3-25-16(24)13-8(2)26-15(23)11(7-22)14(13)10-6-9(18)4-5-12(10)17(19,20)21/h4-6,14H,3,23H2,1-2H3. The lowest BCUT2D eigenvalue weighted by Crippen LogP contribution is -2.27. The number of nitrogens with zero attached hydrogens (tertiary/aromatic N) is 1. The molecule has 0 aliphatic carbocycles. The van der Waals surface area contributed by atoms with Crippen LogP contribution in [-0.2, 0) is 20.4 Å². The van der Waals surface area contributed by atoms with Crippen molar-refractivity contribution in [3.8, 4) is 6.07 Å². The summed E-state index contributed by atoms with van der Waals surface area (Å²) in [6, 6.07) is 5.06. The average Bonchev–Trinajstić information content (AvgIpc) is 2.53. The Morgan fingerprint density at radius 1 is 1.46 bits per heavy atom. The molecule has 1 heterocycles. The summed E-state index contributed by atoms with van der Waals surface area (Å²) in [5.41, 5.74) is 3.94. The number of carbonyl (C=O) groups excluding carboxylic acids is 1. The van der Waals surface area contributed by atoms with E-state index in [2.05, 4.69) is 15.9 Å². The fourth-order valence-corrected chi connectivity index (χ4v) is 3.08. The fraction of sp³-hybridized carbons (Fsp3) is 0.294. The van der Waals surface area contributed by atoms with Crippen LogP contribution >= 0.6 is 15.9 Å². The van der Waals surface area contributed by atoms with E-state index < -0.39 is 23.6 Å². The molecular weight excluding hydrogens is 417 g/mol. The monoisotopic (exact) mass is 430 g/mol. The van der Waals surface area contributed by atoms with Gasteiger partial charge in [0.15, 0.2) is 0 Å². The number of esters is 1. The van der Waals surface area contributed by atoms with Crippen LogP contribution in [0.4, 0.5) is 13.2 Å². The first kappa shape index (κ1) is 19.8. The zero-order valence-corrected chi connectivity index (χ0v) is 15.4. The minimum Gasteiger partial charge on any atom is -0.463 e. The minimum atomic E-state index is -4.70. The Balaban J connectivity index is 2.81. The molecule has 1 aromatic rings. The van der Waals surface area contributed by atoms with Crippen molar-refractivity contribution in [2.24, 2.45) is 5.73 Å². The van der Waals surface area contributed by atoms with Gasteiger partial charge in [-0.05, 0) is 37.6 Å². The molecule has 5 nitrogen and oxygen atoms in total. The predicted octanol–water partition coefficient (Wildman–Crippen LogP) is 4.11. The molecule has 0 radical (unpaired) electrons. The van der Waals surface area contributed by atoms with Crippen molar-refractivity contribution in [3.63, 3.8) is 0 Å². The maximum Gasteiger partial charge on any atom is 0.416 e. The summed E-state index contributed by atoms with van der Waals surface area (Å²) in [4.78, 5) is 12.4. The highest BCUT2D eigenvalue weighted by Crippen LogP contribution is 2.45. The zero-order valence-electron chi connectivity index (χ0n) is 13.8.